The molecule has 2 rings (SSSR count). The van der Waals surface area contributed by atoms with Crippen molar-refractivity contribution in [1.29, 1.82) is 0 Å². The minimum Gasteiger partial charge on any atom is -0.478 e. The Labute approximate surface area is 110 Å². The Hall–Kier alpha value is -1.82. The van der Waals surface area contributed by atoms with Crippen LogP contribution in [0.3, 0.4) is 0 Å². The van der Waals surface area contributed by atoms with Gasteiger partial charge in [0.15, 0.2) is 0 Å². The van der Waals surface area contributed by atoms with E-state index in [0.29, 0.717) is 12.3 Å². The van der Waals surface area contributed by atoms with Gasteiger partial charge in [-0.1, -0.05) is 0 Å². The van der Waals surface area contributed by atoms with Crippen molar-refractivity contribution < 1.29 is 19.0 Å². The van der Waals surface area contributed by atoms with E-state index in [2.05, 4.69) is 5.32 Å². The molecule has 0 bridgehead atoms. The van der Waals surface area contributed by atoms with Crippen molar-refractivity contribution in [2.24, 2.45) is 0 Å². The van der Waals surface area contributed by atoms with Crippen molar-refractivity contribution in [2.45, 2.75) is 31.9 Å². The van der Waals surface area contributed by atoms with Crippen LogP contribution in [0.25, 0.3) is 0 Å². The maximum Gasteiger partial charge on any atom is 0.340 e. The molecule has 1 aliphatic rings. The Morgan fingerprint density at radius 2 is 2.37 bits per heavy atom. The molecule has 1 aliphatic heterocycles. The van der Waals surface area contributed by atoms with Gasteiger partial charge in [0.2, 0.25) is 0 Å². The lowest BCUT2D eigenvalue weighted by Crippen LogP contribution is -2.30. The second kappa shape index (κ2) is 5.44. The molecule has 0 saturated carbocycles. The van der Waals surface area contributed by atoms with Crippen LogP contribution in [0.5, 0.6) is 0 Å². The molecule has 1 aromatic rings. The number of carbonyl (C=O) groups is 1. The van der Waals surface area contributed by atoms with Gasteiger partial charge in [0.05, 0.1) is 17.5 Å². The summed E-state index contributed by atoms with van der Waals surface area (Å²) in [6.45, 7) is 2.62. The van der Waals surface area contributed by atoms with E-state index < -0.39 is 11.8 Å². The van der Waals surface area contributed by atoms with Gasteiger partial charge < -0.3 is 20.9 Å². The van der Waals surface area contributed by atoms with Crippen LogP contribution in [-0.2, 0) is 4.74 Å². The summed E-state index contributed by atoms with van der Waals surface area (Å²) in [6.07, 6.45) is 1.95. The number of aromatic carboxylic acids is 1. The van der Waals surface area contributed by atoms with E-state index >= 15 is 0 Å². The molecule has 0 aliphatic carbocycles. The first-order valence-electron chi connectivity index (χ1n) is 6.20. The van der Waals surface area contributed by atoms with Gasteiger partial charge in [-0.25, -0.2) is 9.18 Å². The summed E-state index contributed by atoms with van der Waals surface area (Å²) in [7, 11) is 0. The maximum atomic E-state index is 13.3. The SMILES string of the molecule is CC(Nc1ccc(F)c(N)c1C(=O)O)C1CCCO1. The molecular formula is C13H17FN2O3. The topological polar surface area (TPSA) is 84.6 Å². The molecule has 1 heterocycles. The highest BCUT2D eigenvalue weighted by atomic mass is 19.1. The van der Waals surface area contributed by atoms with Crippen molar-refractivity contribution in [2.75, 3.05) is 17.7 Å². The predicted molar refractivity (Wildman–Crippen MR) is 69.8 cm³/mol. The van der Waals surface area contributed by atoms with Crippen molar-refractivity contribution >= 4 is 17.3 Å². The smallest absolute Gasteiger partial charge is 0.340 e. The number of hydrogen-bond donors (Lipinski definition) is 3. The number of nitrogens with one attached hydrogen (secondary N) is 1. The van der Waals surface area contributed by atoms with Gasteiger partial charge in [-0.3, -0.25) is 0 Å². The van der Waals surface area contributed by atoms with E-state index in [4.69, 9.17) is 15.6 Å². The predicted octanol–water partition coefficient (Wildman–Crippen LogP) is 2.09. The molecule has 4 N–H and O–H groups in total. The lowest BCUT2D eigenvalue weighted by atomic mass is 10.1. The quantitative estimate of drug-likeness (QED) is 0.728. The molecule has 1 saturated heterocycles. The first-order chi connectivity index (χ1) is 9.00. The number of nitrogens with two attached hydrogens (primary N) is 1. The summed E-state index contributed by atoms with van der Waals surface area (Å²) < 4.78 is 18.8. The molecule has 2 atom stereocenters. The fraction of sp³-hybridized carbons (Fsp3) is 0.462. The van der Waals surface area contributed by atoms with Crippen molar-refractivity contribution in [3.05, 3.63) is 23.5 Å². The third kappa shape index (κ3) is 2.78. The highest BCUT2D eigenvalue weighted by Crippen LogP contribution is 2.27. The highest BCUT2D eigenvalue weighted by Gasteiger charge is 2.25. The van der Waals surface area contributed by atoms with Crippen LogP contribution in [0.2, 0.25) is 0 Å². The highest BCUT2D eigenvalue weighted by molar-refractivity contribution is 6.00. The Bertz CT molecular complexity index is 487. The van der Waals surface area contributed by atoms with E-state index in [9.17, 15) is 9.18 Å². The lowest BCUT2D eigenvalue weighted by Gasteiger charge is -2.22. The molecule has 5 nitrogen and oxygen atoms in total. The second-order valence-corrected chi connectivity index (χ2v) is 4.67. The summed E-state index contributed by atoms with van der Waals surface area (Å²) >= 11 is 0. The zero-order chi connectivity index (χ0) is 14.0. The third-order valence-electron chi connectivity index (χ3n) is 3.31. The standard InChI is InChI=1S/C13H17FN2O3/c1-7(10-3-2-6-19-10)16-9-5-4-8(14)12(15)11(9)13(17)18/h4-5,7,10,16H,2-3,6,15H2,1H3,(H,17,18). The average Bonchev–Trinajstić information content (AvgIpc) is 2.87. The zero-order valence-corrected chi connectivity index (χ0v) is 10.6. The first kappa shape index (κ1) is 13.6. The minimum absolute atomic E-state index is 0.0351. The van der Waals surface area contributed by atoms with Gasteiger partial charge >= 0.3 is 5.97 Å². The Kier molecular flexibility index (Phi) is 3.90. The zero-order valence-electron chi connectivity index (χ0n) is 10.6. The van der Waals surface area contributed by atoms with Crippen molar-refractivity contribution in [3.63, 3.8) is 0 Å². The number of anilines is 2. The fourth-order valence-corrected chi connectivity index (χ4v) is 2.28. The van der Waals surface area contributed by atoms with E-state index in [-0.39, 0.29) is 23.4 Å². The van der Waals surface area contributed by atoms with Gasteiger partial charge in [0, 0.05) is 12.6 Å². The Balaban J connectivity index is 2.24. The average molecular weight is 268 g/mol. The third-order valence-corrected chi connectivity index (χ3v) is 3.31. The minimum atomic E-state index is -1.25. The van der Waals surface area contributed by atoms with Crippen molar-refractivity contribution in [3.8, 4) is 0 Å². The number of carboxylic acid groups (broad SMARTS) is 1. The van der Waals surface area contributed by atoms with Crippen LogP contribution in [-0.4, -0.2) is 29.8 Å². The number of carboxylic acids is 1. The Morgan fingerprint density at radius 1 is 1.63 bits per heavy atom. The molecule has 6 heteroatoms. The second-order valence-electron chi connectivity index (χ2n) is 4.67. The van der Waals surface area contributed by atoms with Gasteiger partial charge in [0.25, 0.3) is 0 Å². The van der Waals surface area contributed by atoms with Gasteiger partial charge in [0.1, 0.15) is 11.4 Å². The van der Waals surface area contributed by atoms with Crippen LogP contribution in [0.1, 0.15) is 30.1 Å². The summed E-state index contributed by atoms with van der Waals surface area (Å²) in [5, 5.41) is 12.2. The molecule has 2 unspecified atom stereocenters. The van der Waals surface area contributed by atoms with Gasteiger partial charge in [-0.05, 0) is 31.9 Å². The molecular weight excluding hydrogens is 251 g/mol. The van der Waals surface area contributed by atoms with Crippen LogP contribution < -0.4 is 11.1 Å². The fourth-order valence-electron chi connectivity index (χ4n) is 2.28. The molecule has 1 fully saturated rings. The number of halogens is 1. The van der Waals surface area contributed by atoms with Crippen LogP contribution >= 0.6 is 0 Å². The molecule has 0 aromatic heterocycles. The number of nitrogen functional groups attached to an aromatic ring is 1. The molecule has 0 amide bonds. The van der Waals surface area contributed by atoms with E-state index in [1.165, 1.54) is 6.07 Å². The van der Waals surface area contributed by atoms with Crippen molar-refractivity contribution in [1.82, 2.24) is 0 Å². The molecule has 19 heavy (non-hydrogen) atoms. The lowest BCUT2D eigenvalue weighted by molar-refractivity contribution is 0.0698. The number of rotatable bonds is 4. The van der Waals surface area contributed by atoms with E-state index in [1.807, 2.05) is 6.92 Å². The Morgan fingerprint density at radius 3 is 2.95 bits per heavy atom. The summed E-state index contributed by atoms with van der Waals surface area (Å²) in [6, 6.07) is 2.48. The van der Waals surface area contributed by atoms with E-state index in [0.717, 1.165) is 18.9 Å². The molecule has 1 aromatic carbocycles. The van der Waals surface area contributed by atoms with Crippen LogP contribution in [0, 0.1) is 5.82 Å². The van der Waals surface area contributed by atoms with Crippen LogP contribution in [0.15, 0.2) is 12.1 Å². The van der Waals surface area contributed by atoms with Gasteiger partial charge in [-0.2, -0.15) is 0 Å². The van der Waals surface area contributed by atoms with Gasteiger partial charge in [-0.15, -0.1) is 0 Å². The first-order valence-corrected chi connectivity index (χ1v) is 6.20. The van der Waals surface area contributed by atoms with Crippen LogP contribution in [0.4, 0.5) is 15.8 Å². The summed E-state index contributed by atoms with van der Waals surface area (Å²) in [5.41, 5.74) is 5.22. The van der Waals surface area contributed by atoms with E-state index in [1.54, 1.807) is 0 Å². The summed E-state index contributed by atoms with van der Waals surface area (Å²) in [5.74, 6) is -1.98. The monoisotopic (exact) mass is 268 g/mol. The normalized spacial score (nSPS) is 20.2. The number of ether oxygens (including phenoxy) is 1. The maximum absolute atomic E-state index is 13.3. The molecule has 0 radical (unpaired) electrons. The molecule has 0 spiro atoms. The number of benzene rings is 1. The largest absolute Gasteiger partial charge is 0.478 e. The molecule has 104 valence electrons. The summed E-state index contributed by atoms with van der Waals surface area (Å²) in [4.78, 5) is 11.2. The number of hydrogen-bond acceptors (Lipinski definition) is 4.